The summed E-state index contributed by atoms with van der Waals surface area (Å²) in [4.78, 5) is 34.1. The van der Waals surface area contributed by atoms with Crippen molar-refractivity contribution in [1.82, 2.24) is 0 Å². The topological polar surface area (TPSA) is 60.4 Å². The Morgan fingerprint density at radius 2 is 1.83 bits per heavy atom. The second-order valence-electron chi connectivity index (χ2n) is 3.37. The number of esters is 1. The fourth-order valence-electron chi connectivity index (χ4n) is 1.20. The highest BCUT2D eigenvalue weighted by Crippen LogP contribution is 2.23. The lowest BCUT2D eigenvalue weighted by Crippen LogP contribution is -2.20. The second-order valence-corrected chi connectivity index (χ2v) is 4.19. The molecule has 0 atom stereocenters. The Morgan fingerprint density at radius 3 is 2.39 bits per heavy atom. The van der Waals surface area contributed by atoms with E-state index in [0.717, 1.165) is 0 Å². The summed E-state index contributed by atoms with van der Waals surface area (Å²) in [5.41, 5.74) is 0.224. The zero-order valence-corrected chi connectivity index (χ0v) is 11.0. The quantitative estimate of drug-likeness (QED) is 0.362. The molecule has 0 unspecified atom stereocenters. The molecule has 1 rings (SSSR count). The van der Waals surface area contributed by atoms with Crippen LogP contribution in [0.1, 0.15) is 23.7 Å². The van der Waals surface area contributed by atoms with Crippen molar-refractivity contribution in [2.24, 2.45) is 0 Å². The number of rotatable bonds is 5. The van der Waals surface area contributed by atoms with Gasteiger partial charge in [0.2, 0.25) is 5.78 Å². The van der Waals surface area contributed by atoms with E-state index in [1.165, 1.54) is 18.2 Å². The molecule has 0 bridgehead atoms. The van der Waals surface area contributed by atoms with Gasteiger partial charge in [0, 0.05) is 5.56 Å². The minimum atomic E-state index is -1.01. The molecule has 0 amide bonds. The van der Waals surface area contributed by atoms with Crippen molar-refractivity contribution < 1.29 is 19.1 Å². The lowest BCUT2D eigenvalue weighted by atomic mass is 10.1. The highest BCUT2D eigenvalue weighted by atomic mass is 35.5. The predicted molar refractivity (Wildman–Crippen MR) is 67.0 cm³/mol. The van der Waals surface area contributed by atoms with Gasteiger partial charge in [-0.15, -0.1) is 0 Å². The van der Waals surface area contributed by atoms with Crippen LogP contribution in [0.4, 0.5) is 0 Å². The van der Waals surface area contributed by atoms with Crippen LogP contribution in [-0.4, -0.2) is 24.1 Å². The first-order valence-electron chi connectivity index (χ1n) is 5.14. The molecule has 18 heavy (non-hydrogen) atoms. The Labute approximate surface area is 114 Å². The molecule has 0 aromatic heterocycles. The van der Waals surface area contributed by atoms with Crippen LogP contribution in [0.15, 0.2) is 18.2 Å². The maximum atomic E-state index is 11.7. The normalized spacial score (nSPS) is 9.94. The largest absolute Gasteiger partial charge is 0.460 e. The van der Waals surface area contributed by atoms with Gasteiger partial charge in [-0.2, -0.15) is 0 Å². The van der Waals surface area contributed by atoms with E-state index in [1.54, 1.807) is 6.92 Å². The van der Waals surface area contributed by atoms with E-state index in [4.69, 9.17) is 23.2 Å². The van der Waals surface area contributed by atoms with E-state index in [9.17, 15) is 14.4 Å². The van der Waals surface area contributed by atoms with Crippen LogP contribution in [0, 0.1) is 0 Å². The van der Waals surface area contributed by atoms with Crippen molar-refractivity contribution in [2.45, 2.75) is 13.3 Å². The van der Waals surface area contributed by atoms with Crippen molar-refractivity contribution in [2.75, 3.05) is 6.61 Å². The minimum absolute atomic E-state index is 0.0888. The van der Waals surface area contributed by atoms with Gasteiger partial charge in [0.05, 0.1) is 23.1 Å². The first-order chi connectivity index (χ1) is 8.45. The number of halogens is 2. The lowest BCUT2D eigenvalue weighted by Gasteiger charge is -2.02. The van der Waals surface area contributed by atoms with Gasteiger partial charge < -0.3 is 4.74 Å². The summed E-state index contributed by atoms with van der Waals surface area (Å²) < 4.78 is 4.50. The number of Topliss-reactive ketones (excluding diaryl/α,β-unsaturated/α-hetero) is 2. The van der Waals surface area contributed by atoms with Gasteiger partial charge in [-0.3, -0.25) is 9.59 Å². The van der Waals surface area contributed by atoms with E-state index in [-0.39, 0.29) is 17.2 Å². The van der Waals surface area contributed by atoms with Crippen LogP contribution >= 0.6 is 23.2 Å². The van der Waals surface area contributed by atoms with Gasteiger partial charge in [0.15, 0.2) is 5.78 Å². The van der Waals surface area contributed by atoms with E-state index < -0.39 is 24.0 Å². The summed E-state index contributed by atoms with van der Waals surface area (Å²) in [6.45, 7) is 1.66. The smallest absolute Gasteiger partial charge is 0.375 e. The summed E-state index contributed by atoms with van der Waals surface area (Å²) in [7, 11) is 0. The van der Waals surface area contributed by atoms with Crippen LogP contribution in [0.25, 0.3) is 0 Å². The average molecular weight is 289 g/mol. The molecule has 0 aliphatic carbocycles. The molecule has 1 aromatic carbocycles. The van der Waals surface area contributed by atoms with E-state index in [0.29, 0.717) is 5.02 Å². The van der Waals surface area contributed by atoms with Gasteiger partial charge in [-0.1, -0.05) is 23.2 Å². The molecule has 0 heterocycles. The molecule has 96 valence electrons. The maximum absolute atomic E-state index is 11.7. The molecule has 1 aromatic rings. The second kappa shape index (κ2) is 6.52. The van der Waals surface area contributed by atoms with Crippen LogP contribution in [0.5, 0.6) is 0 Å². The lowest BCUT2D eigenvalue weighted by molar-refractivity contribution is -0.153. The highest BCUT2D eigenvalue weighted by Gasteiger charge is 2.20. The zero-order chi connectivity index (χ0) is 13.7. The Bertz CT molecular complexity index is 497. The monoisotopic (exact) mass is 288 g/mol. The summed E-state index contributed by atoms with van der Waals surface area (Å²) >= 11 is 11.4. The minimum Gasteiger partial charge on any atom is -0.460 e. The summed E-state index contributed by atoms with van der Waals surface area (Å²) in [5, 5.41) is 0.524. The van der Waals surface area contributed by atoms with E-state index in [2.05, 4.69) is 4.74 Å². The van der Waals surface area contributed by atoms with Gasteiger partial charge in [-0.05, 0) is 25.1 Å². The average Bonchev–Trinajstić information content (AvgIpc) is 2.32. The van der Waals surface area contributed by atoms with Crippen LogP contribution in [0.2, 0.25) is 10.0 Å². The number of hydrogen-bond donors (Lipinski definition) is 0. The van der Waals surface area contributed by atoms with Crippen LogP contribution in [0.3, 0.4) is 0 Å². The van der Waals surface area contributed by atoms with Gasteiger partial charge in [0.25, 0.3) is 0 Å². The Balaban J connectivity index is 2.73. The number of benzene rings is 1. The number of ether oxygens (including phenoxy) is 1. The molecule has 0 aliphatic heterocycles. The fraction of sp³-hybridized carbons (Fsp3) is 0.250. The first-order valence-corrected chi connectivity index (χ1v) is 5.89. The Hall–Kier alpha value is -1.39. The third-order valence-electron chi connectivity index (χ3n) is 2.07. The fourth-order valence-corrected chi connectivity index (χ4v) is 1.50. The van der Waals surface area contributed by atoms with Crippen molar-refractivity contribution >= 4 is 40.7 Å². The van der Waals surface area contributed by atoms with Crippen molar-refractivity contribution in [3.05, 3.63) is 33.8 Å². The molecule has 0 radical (unpaired) electrons. The molecule has 0 aliphatic rings. The molecule has 0 saturated heterocycles. The summed E-state index contributed by atoms with van der Waals surface area (Å²) in [6.07, 6.45) is -0.545. The third kappa shape index (κ3) is 3.82. The Morgan fingerprint density at radius 1 is 1.17 bits per heavy atom. The standard InChI is InChI=1S/C12H10Cl2O4/c1-2-18-12(17)11(16)6-10(15)7-3-4-8(13)9(14)5-7/h3-5H,2,6H2,1H3. The maximum Gasteiger partial charge on any atom is 0.375 e. The zero-order valence-electron chi connectivity index (χ0n) is 9.54. The molecular weight excluding hydrogens is 279 g/mol. The number of carbonyl (C=O) groups excluding carboxylic acids is 3. The number of ketones is 2. The van der Waals surface area contributed by atoms with Gasteiger partial charge in [-0.25, -0.2) is 4.79 Å². The van der Waals surface area contributed by atoms with E-state index >= 15 is 0 Å². The molecule has 0 N–H and O–H groups in total. The van der Waals surface area contributed by atoms with Gasteiger partial charge >= 0.3 is 5.97 Å². The summed E-state index contributed by atoms with van der Waals surface area (Å²) in [6, 6.07) is 4.24. The predicted octanol–water partition coefficient (Wildman–Crippen LogP) is 2.70. The van der Waals surface area contributed by atoms with E-state index in [1.807, 2.05) is 0 Å². The van der Waals surface area contributed by atoms with Gasteiger partial charge in [0.1, 0.15) is 0 Å². The number of hydrogen-bond acceptors (Lipinski definition) is 4. The highest BCUT2D eigenvalue weighted by molar-refractivity contribution is 6.42. The number of carbonyl (C=O) groups is 3. The molecule has 6 heteroatoms. The Kier molecular flexibility index (Phi) is 5.31. The SMILES string of the molecule is CCOC(=O)C(=O)CC(=O)c1ccc(Cl)c(Cl)c1. The third-order valence-corrected chi connectivity index (χ3v) is 2.80. The first kappa shape index (κ1) is 14.7. The van der Waals surface area contributed by atoms with Crippen molar-refractivity contribution in [1.29, 1.82) is 0 Å². The van der Waals surface area contributed by atoms with Crippen molar-refractivity contribution in [3.63, 3.8) is 0 Å². The summed E-state index contributed by atoms with van der Waals surface area (Å²) in [5.74, 6) is -2.40. The molecule has 0 fully saturated rings. The molecule has 0 saturated carbocycles. The van der Waals surface area contributed by atoms with Crippen LogP contribution < -0.4 is 0 Å². The molecule has 4 nitrogen and oxygen atoms in total. The van der Waals surface area contributed by atoms with Crippen molar-refractivity contribution in [3.8, 4) is 0 Å². The van der Waals surface area contributed by atoms with Crippen LogP contribution in [-0.2, 0) is 14.3 Å². The molecular formula is C12H10Cl2O4. The molecule has 0 spiro atoms.